The van der Waals surface area contributed by atoms with Crippen LogP contribution in [0.3, 0.4) is 0 Å². The predicted molar refractivity (Wildman–Crippen MR) is 172 cm³/mol. The molecule has 1 aromatic rings. The number of benzene rings is 1. The number of ether oxygens (including phenoxy) is 1. The molecule has 5 nitrogen and oxygen atoms in total. The maximum absolute atomic E-state index is 13.2. The zero-order valence-corrected chi connectivity index (χ0v) is 28.3. The number of carbonyl (C=O) groups excluding carboxylic acids is 1. The molecular formula is C37H52O5S. The Bertz CT molecular complexity index is 1420. The molecule has 0 aliphatic heterocycles. The second-order valence-electron chi connectivity index (χ2n) is 14.9. The molecule has 6 heteroatoms. The van der Waals surface area contributed by atoms with Crippen molar-refractivity contribution >= 4 is 16.1 Å². The quantitative estimate of drug-likeness (QED) is 0.168. The largest absolute Gasteiger partial charge is 0.458 e. The van der Waals surface area contributed by atoms with Crippen molar-refractivity contribution in [2.24, 2.45) is 40.4 Å². The van der Waals surface area contributed by atoms with E-state index in [4.69, 9.17) is 8.92 Å². The Morgan fingerprint density at radius 1 is 0.977 bits per heavy atom. The van der Waals surface area contributed by atoms with E-state index in [-0.39, 0.29) is 16.3 Å². The number of hydrogen-bond donors (Lipinski definition) is 0. The topological polar surface area (TPSA) is 69.7 Å². The molecule has 8 atom stereocenters. The van der Waals surface area contributed by atoms with Gasteiger partial charge >= 0.3 is 5.97 Å². The first kappa shape index (κ1) is 32.2. The Kier molecular flexibility index (Phi) is 8.72. The van der Waals surface area contributed by atoms with Crippen molar-refractivity contribution in [1.82, 2.24) is 0 Å². The van der Waals surface area contributed by atoms with Crippen molar-refractivity contribution < 1.29 is 22.1 Å². The van der Waals surface area contributed by atoms with E-state index in [0.29, 0.717) is 55.3 Å². The van der Waals surface area contributed by atoms with Crippen LogP contribution < -0.4 is 0 Å². The van der Waals surface area contributed by atoms with Crippen LogP contribution in [0.1, 0.15) is 99.0 Å². The molecular weight excluding hydrogens is 556 g/mol. The molecule has 236 valence electrons. The summed E-state index contributed by atoms with van der Waals surface area (Å²) in [6.45, 7) is 17.4. The molecule has 1 aromatic carbocycles. The second kappa shape index (κ2) is 11.6. The maximum atomic E-state index is 13.2. The minimum atomic E-state index is -3.94. The van der Waals surface area contributed by atoms with Gasteiger partial charge < -0.3 is 4.74 Å². The molecule has 2 saturated carbocycles. The fraction of sp³-hybridized carbons (Fsp3) is 0.649. The lowest BCUT2D eigenvalue weighted by molar-refractivity contribution is -0.184. The maximum Gasteiger partial charge on any atom is 0.303 e. The number of carbonyl (C=O) groups is 1. The molecule has 0 spiro atoms. The van der Waals surface area contributed by atoms with Gasteiger partial charge in [-0.05, 0) is 97.3 Å². The summed E-state index contributed by atoms with van der Waals surface area (Å²) in [7, 11) is -3.94. The van der Waals surface area contributed by atoms with E-state index in [1.165, 1.54) is 30.9 Å². The van der Waals surface area contributed by atoms with Crippen molar-refractivity contribution in [2.75, 3.05) is 0 Å². The average molecular weight is 609 g/mol. The summed E-state index contributed by atoms with van der Waals surface area (Å²) in [6.07, 6.45) is 14.8. The number of esters is 1. The molecule has 0 aromatic heterocycles. The standard InChI is InChI=1S/C37H52O5S/c1-24(2)26(4)11-12-27(5)32-15-16-33-31-18-22-37(41-28(6)38)23-29(42-43(39,40)30-13-9-25(3)10-14-30)17-21-36(37,8)34(31)19-20-35(32,33)7/h9-14,18-19,24,26-27,29,32-33H,15-17,20-23H2,1-8H3/b12-11+/t26-,27+,29-,32+,33+,35-,36+,37+/m0/s1. The van der Waals surface area contributed by atoms with Gasteiger partial charge in [0, 0.05) is 25.2 Å². The van der Waals surface area contributed by atoms with Crippen LogP contribution in [0.25, 0.3) is 0 Å². The highest BCUT2D eigenvalue weighted by atomic mass is 32.2. The lowest BCUT2D eigenvalue weighted by atomic mass is 9.50. The Balaban J connectivity index is 1.42. The SMILES string of the molecule is CC(=O)O[C@@]12CC=C3C(=CC[C@]4(C)[C@@H]3CC[C@@H]4[C@H](C)/C=C/[C@H](C)C(C)C)[C@@]1(C)CC[C@H](OS(=O)(=O)c1ccc(C)cc1)C2. The van der Waals surface area contributed by atoms with Crippen molar-refractivity contribution in [2.45, 2.75) is 117 Å². The van der Waals surface area contributed by atoms with Gasteiger partial charge in [-0.3, -0.25) is 8.98 Å². The summed E-state index contributed by atoms with van der Waals surface area (Å²) < 4.78 is 38.5. The van der Waals surface area contributed by atoms with Crippen LogP contribution in [0.5, 0.6) is 0 Å². The van der Waals surface area contributed by atoms with E-state index in [2.05, 4.69) is 65.8 Å². The Hall–Kier alpha value is -2.18. The molecule has 43 heavy (non-hydrogen) atoms. The third-order valence-electron chi connectivity index (χ3n) is 11.9. The van der Waals surface area contributed by atoms with E-state index in [0.717, 1.165) is 12.0 Å². The van der Waals surface area contributed by atoms with E-state index < -0.39 is 27.2 Å². The number of rotatable bonds is 8. The van der Waals surface area contributed by atoms with Crippen LogP contribution in [-0.2, 0) is 23.8 Å². The lowest BCUT2D eigenvalue weighted by Gasteiger charge is -2.58. The van der Waals surface area contributed by atoms with Gasteiger partial charge in [0.1, 0.15) is 5.60 Å². The van der Waals surface area contributed by atoms with Crippen LogP contribution in [0.4, 0.5) is 0 Å². The van der Waals surface area contributed by atoms with Crippen molar-refractivity contribution in [1.29, 1.82) is 0 Å². The molecule has 4 aliphatic rings. The predicted octanol–water partition coefficient (Wildman–Crippen LogP) is 8.74. The van der Waals surface area contributed by atoms with Crippen LogP contribution >= 0.6 is 0 Å². The van der Waals surface area contributed by atoms with Crippen molar-refractivity contribution in [3.05, 3.63) is 65.3 Å². The number of hydrogen-bond acceptors (Lipinski definition) is 5. The lowest BCUT2D eigenvalue weighted by Crippen LogP contribution is -2.58. The van der Waals surface area contributed by atoms with Gasteiger partial charge in [-0.2, -0.15) is 8.42 Å². The Morgan fingerprint density at radius 3 is 2.33 bits per heavy atom. The fourth-order valence-electron chi connectivity index (χ4n) is 8.89. The van der Waals surface area contributed by atoms with Gasteiger partial charge in [0.25, 0.3) is 10.1 Å². The van der Waals surface area contributed by atoms with E-state index in [9.17, 15) is 13.2 Å². The van der Waals surface area contributed by atoms with Crippen molar-refractivity contribution in [3.8, 4) is 0 Å². The molecule has 0 heterocycles. The van der Waals surface area contributed by atoms with Crippen LogP contribution in [0.2, 0.25) is 0 Å². The third kappa shape index (κ3) is 5.72. The van der Waals surface area contributed by atoms with Gasteiger partial charge in [-0.15, -0.1) is 0 Å². The minimum Gasteiger partial charge on any atom is -0.458 e. The zero-order chi connectivity index (χ0) is 31.4. The van der Waals surface area contributed by atoms with Crippen LogP contribution in [-0.4, -0.2) is 26.1 Å². The zero-order valence-electron chi connectivity index (χ0n) is 27.5. The smallest absolute Gasteiger partial charge is 0.303 e. The Morgan fingerprint density at radius 2 is 1.67 bits per heavy atom. The molecule has 0 radical (unpaired) electrons. The number of fused-ring (bicyclic) bond motifs is 5. The summed E-state index contributed by atoms with van der Waals surface area (Å²) in [4.78, 5) is 12.7. The molecule has 0 bridgehead atoms. The van der Waals surface area contributed by atoms with E-state index >= 15 is 0 Å². The van der Waals surface area contributed by atoms with E-state index in [1.54, 1.807) is 24.3 Å². The number of aryl methyl sites for hydroxylation is 1. The van der Waals surface area contributed by atoms with Gasteiger partial charge in [0.05, 0.1) is 11.0 Å². The van der Waals surface area contributed by atoms with Crippen molar-refractivity contribution in [3.63, 3.8) is 0 Å². The molecule has 0 amide bonds. The molecule has 5 rings (SSSR count). The molecule has 0 N–H and O–H groups in total. The highest BCUT2D eigenvalue weighted by Gasteiger charge is 2.62. The summed E-state index contributed by atoms with van der Waals surface area (Å²) in [5, 5.41) is 0. The summed E-state index contributed by atoms with van der Waals surface area (Å²) in [6, 6.07) is 6.74. The fourth-order valence-corrected chi connectivity index (χ4v) is 9.99. The summed E-state index contributed by atoms with van der Waals surface area (Å²) in [5.74, 6) is 2.52. The monoisotopic (exact) mass is 608 g/mol. The van der Waals surface area contributed by atoms with Gasteiger partial charge in [0.2, 0.25) is 0 Å². The van der Waals surface area contributed by atoms with Gasteiger partial charge in [-0.25, -0.2) is 0 Å². The molecule has 0 unspecified atom stereocenters. The molecule has 0 saturated heterocycles. The normalized spacial score (nSPS) is 35.4. The first-order valence-corrected chi connectivity index (χ1v) is 17.8. The van der Waals surface area contributed by atoms with Gasteiger partial charge in [-0.1, -0.05) is 83.5 Å². The minimum absolute atomic E-state index is 0.159. The highest BCUT2D eigenvalue weighted by Crippen LogP contribution is 2.66. The van der Waals surface area contributed by atoms with Crippen LogP contribution in [0.15, 0.2) is 64.6 Å². The first-order chi connectivity index (χ1) is 20.1. The Labute approximate surface area is 260 Å². The highest BCUT2D eigenvalue weighted by molar-refractivity contribution is 7.86. The first-order valence-electron chi connectivity index (χ1n) is 16.4. The summed E-state index contributed by atoms with van der Waals surface area (Å²) in [5.41, 5.74) is 2.71. The van der Waals surface area contributed by atoms with E-state index in [1.807, 2.05) is 6.92 Å². The summed E-state index contributed by atoms with van der Waals surface area (Å²) >= 11 is 0. The van der Waals surface area contributed by atoms with Crippen LogP contribution in [0, 0.1) is 47.3 Å². The second-order valence-corrected chi connectivity index (χ2v) is 16.5. The number of allylic oxidation sites excluding steroid dienone is 4. The third-order valence-corrected chi connectivity index (χ3v) is 13.3. The molecule has 2 fully saturated rings. The average Bonchev–Trinajstić information content (AvgIpc) is 3.29. The van der Waals surface area contributed by atoms with Gasteiger partial charge in [0.15, 0.2) is 0 Å². The molecule has 4 aliphatic carbocycles.